The molecule has 0 saturated carbocycles. The number of amides is 1. The molecule has 7 nitrogen and oxygen atoms in total. The zero-order valence-electron chi connectivity index (χ0n) is 18.3. The molecule has 3 rings (SSSR count). The number of ketones is 1. The molecule has 1 saturated heterocycles. The summed E-state index contributed by atoms with van der Waals surface area (Å²) in [5, 5.41) is 21.4. The zero-order valence-corrected chi connectivity index (χ0v) is 18.3. The smallest absolute Gasteiger partial charge is 0.244 e. The largest absolute Gasteiger partial charge is 0.496 e. The van der Waals surface area contributed by atoms with Gasteiger partial charge in [-0.3, -0.25) is 9.59 Å². The molecule has 0 spiro atoms. The van der Waals surface area contributed by atoms with Gasteiger partial charge >= 0.3 is 0 Å². The summed E-state index contributed by atoms with van der Waals surface area (Å²) in [4.78, 5) is 26.8. The first kappa shape index (κ1) is 24.1. The topological polar surface area (TPSA) is 103 Å². The Labute approximate surface area is 192 Å². The van der Waals surface area contributed by atoms with Crippen molar-refractivity contribution < 1.29 is 23.8 Å². The maximum Gasteiger partial charge on any atom is 0.244 e. The van der Waals surface area contributed by atoms with Gasteiger partial charge in [-0.05, 0) is 55.0 Å². The lowest BCUT2D eigenvalue weighted by Gasteiger charge is -2.39. The molecule has 0 radical (unpaired) electrons. The van der Waals surface area contributed by atoms with E-state index in [-0.39, 0.29) is 30.0 Å². The van der Waals surface area contributed by atoms with Crippen LogP contribution in [0.4, 0.5) is 4.39 Å². The fourth-order valence-corrected chi connectivity index (χ4v) is 3.66. The van der Waals surface area contributed by atoms with Gasteiger partial charge in [0.25, 0.3) is 0 Å². The number of likely N-dealkylation sites (tertiary alicyclic amines) is 1. The highest BCUT2D eigenvalue weighted by Gasteiger charge is 2.33. The fourth-order valence-electron chi connectivity index (χ4n) is 3.66. The van der Waals surface area contributed by atoms with Crippen LogP contribution in [0.5, 0.6) is 5.75 Å². The van der Waals surface area contributed by atoms with E-state index in [0.29, 0.717) is 48.5 Å². The average Bonchev–Trinajstić information content (AvgIpc) is 2.80. The Balaban J connectivity index is 1.45. The van der Waals surface area contributed by atoms with Crippen LogP contribution in [0.1, 0.15) is 27.9 Å². The lowest BCUT2D eigenvalue weighted by Crippen LogP contribution is -2.51. The van der Waals surface area contributed by atoms with Crippen molar-refractivity contribution in [3.63, 3.8) is 0 Å². The van der Waals surface area contributed by atoms with Gasteiger partial charge in [0.1, 0.15) is 11.6 Å². The molecule has 8 heteroatoms. The third kappa shape index (κ3) is 6.48. The Kier molecular flexibility index (Phi) is 8.30. The number of halogens is 1. The monoisotopic (exact) mass is 451 g/mol. The molecule has 2 aromatic carbocycles. The lowest BCUT2D eigenvalue weighted by molar-refractivity contribution is -0.117. The van der Waals surface area contributed by atoms with Crippen molar-refractivity contribution in [1.82, 2.24) is 10.2 Å². The van der Waals surface area contributed by atoms with E-state index in [4.69, 9.17) is 10.00 Å². The van der Waals surface area contributed by atoms with Gasteiger partial charge in [-0.15, -0.1) is 0 Å². The normalized spacial score (nSPS) is 15.0. The number of nitriles is 1. The summed E-state index contributed by atoms with van der Waals surface area (Å²) >= 11 is 0. The number of aliphatic hydroxyl groups is 1. The van der Waals surface area contributed by atoms with Crippen LogP contribution in [-0.4, -0.2) is 61.1 Å². The second-order valence-electron chi connectivity index (χ2n) is 7.91. The van der Waals surface area contributed by atoms with E-state index < -0.39 is 6.04 Å². The van der Waals surface area contributed by atoms with Crippen LogP contribution in [0, 0.1) is 23.1 Å². The van der Waals surface area contributed by atoms with Crippen LogP contribution in [0.2, 0.25) is 0 Å². The molecule has 0 unspecified atom stereocenters. The summed E-state index contributed by atoms with van der Waals surface area (Å²) in [6, 6.07) is 12.1. The minimum Gasteiger partial charge on any atom is -0.496 e. The molecule has 2 aromatic rings. The summed E-state index contributed by atoms with van der Waals surface area (Å²) in [6.07, 6.45) is 3.42. The van der Waals surface area contributed by atoms with Gasteiger partial charge in [0.05, 0.1) is 31.4 Å². The number of rotatable bonds is 10. The second-order valence-corrected chi connectivity index (χ2v) is 7.91. The van der Waals surface area contributed by atoms with Gasteiger partial charge in [-0.1, -0.05) is 0 Å². The standard InChI is InChI=1S/C25H26FN3O4/c1-33-23-8-2-17(13-27)12-19(23)5-9-24(31)28-22(16-30)10-11-29-14-20(15-29)25(32)18-3-6-21(26)7-4-18/h2-9,12,20,22,30H,10-11,14-16H2,1H3,(H,28,31)/t22-/m0/s1. The van der Waals surface area contributed by atoms with E-state index in [9.17, 15) is 19.1 Å². The van der Waals surface area contributed by atoms with Crippen molar-refractivity contribution in [2.45, 2.75) is 12.5 Å². The number of nitrogens with one attached hydrogen (secondary N) is 1. The average molecular weight is 451 g/mol. The number of carbonyl (C=O) groups is 2. The summed E-state index contributed by atoms with van der Waals surface area (Å²) in [5.74, 6) is -0.326. The first-order valence-electron chi connectivity index (χ1n) is 10.6. The van der Waals surface area contributed by atoms with Crippen LogP contribution in [0.3, 0.4) is 0 Å². The molecule has 1 aliphatic rings. The van der Waals surface area contributed by atoms with Crippen LogP contribution in [0.15, 0.2) is 48.5 Å². The molecule has 1 fully saturated rings. The predicted molar refractivity (Wildman–Crippen MR) is 121 cm³/mol. The first-order chi connectivity index (χ1) is 15.9. The van der Waals surface area contributed by atoms with Crippen LogP contribution >= 0.6 is 0 Å². The van der Waals surface area contributed by atoms with Crippen LogP contribution in [-0.2, 0) is 4.79 Å². The van der Waals surface area contributed by atoms with E-state index in [1.807, 2.05) is 6.07 Å². The SMILES string of the molecule is COc1ccc(C#N)cc1C=CC(=O)N[C@H](CO)CCN1CC(C(=O)c2ccc(F)cc2)C1. The molecule has 0 aliphatic carbocycles. The summed E-state index contributed by atoms with van der Waals surface area (Å²) in [5.41, 5.74) is 1.56. The molecule has 2 N–H and O–H groups in total. The van der Waals surface area contributed by atoms with Gasteiger partial charge in [-0.2, -0.15) is 5.26 Å². The van der Waals surface area contributed by atoms with Crippen molar-refractivity contribution >= 4 is 17.8 Å². The molecule has 0 aromatic heterocycles. The van der Waals surface area contributed by atoms with Crippen molar-refractivity contribution in [1.29, 1.82) is 5.26 Å². The maximum atomic E-state index is 13.0. The number of Topliss-reactive ketones (excluding diaryl/α,β-unsaturated/α-hetero) is 1. The third-order valence-electron chi connectivity index (χ3n) is 5.59. The molecule has 0 bridgehead atoms. The Bertz CT molecular complexity index is 1060. The highest BCUT2D eigenvalue weighted by atomic mass is 19.1. The molecule has 1 amide bonds. The molecule has 1 atom stereocenters. The lowest BCUT2D eigenvalue weighted by atomic mass is 9.90. The number of ether oxygens (including phenoxy) is 1. The van der Waals surface area contributed by atoms with Crippen molar-refractivity contribution in [2.75, 3.05) is 33.4 Å². The predicted octanol–water partition coefficient (Wildman–Crippen LogP) is 2.40. The highest BCUT2D eigenvalue weighted by molar-refractivity contribution is 5.98. The van der Waals surface area contributed by atoms with E-state index >= 15 is 0 Å². The van der Waals surface area contributed by atoms with E-state index in [0.717, 1.165) is 0 Å². The number of nitrogens with zero attached hydrogens (tertiary/aromatic N) is 2. The Morgan fingerprint density at radius 2 is 2.03 bits per heavy atom. The van der Waals surface area contributed by atoms with Crippen molar-refractivity contribution in [3.8, 4) is 11.8 Å². The quantitative estimate of drug-likeness (QED) is 0.425. The third-order valence-corrected chi connectivity index (χ3v) is 5.59. The summed E-state index contributed by atoms with van der Waals surface area (Å²) < 4.78 is 18.3. The molecule has 172 valence electrons. The second kappa shape index (κ2) is 11.4. The van der Waals surface area contributed by atoms with Crippen molar-refractivity contribution in [3.05, 3.63) is 71.0 Å². The van der Waals surface area contributed by atoms with E-state index in [2.05, 4.69) is 10.2 Å². The van der Waals surface area contributed by atoms with Gasteiger partial charge in [0.15, 0.2) is 5.78 Å². The summed E-state index contributed by atoms with van der Waals surface area (Å²) in [7, 11) is 1.51. The zero-order chi connectivity index (χ0) is 23.8. The van der Waals surface area contributed by atoms with Crippen molar-refractivity contribution in [2.24, 2.45) is 5.92 Å². The number of benzene rings is 2. The minimum absolute atomic E-state index is 0.000654. The number of methoxy groups -OCH3 is 1. The molecular formula is C25H26FN3O4. The van der Waals surface area contributed by atoms with E-state index in [1.165, 1.54) is 37.5 Å². The Morgan fingerprint density at radius 1 is 1.30 bits per heavy atom. The van der Waals surface area contributed by atoms with Gasteiger partial charge in [-0.25, -0.2) is 4.39 Å². The Morgan fingerprint density at radius 3 is 2.67 bits per heavy atom. The molecular weight excluding hydrogens is 425 g/mol. The maximum absolute atomic E-state index is 13.0. The van der Waals surface area contributed by atoms with Crippen LogP contribution in [0.25, 0.3) is 6.08 Å². The molecule has 33 heavy (non-hydrogen) atoms. The van der Waals surface area contributed by atoms with E-state index in [1.54, 1.807) is 24.3 Å². The fraction of sp³-hybridized carbons (Fsp3) is 0.320. The molecule has 1 aliphatic heterocycles. The first-order valence-corrected chi connectivity index (χ1v) is 10.6. The summed E-state index contributed by atoms with van der Waals surface area (Å²) in [6.45, 7) is 1.60. The van der Waals surface area contributed by atoms with Gasteiger partial charge in [0, 0.05) is 42.8 Å². The number of aliphatic hydroxyl groups excluding tert-OH is 1. The number of hydrogen-bond acceptors (Lipinski definition) is 6. The number of carbonyl (C=O) groups excluding carboxylic acids is 2. The Hall–Kier alpha value is -3.54. The van der Waals surface area contributed by atoms with Gasteiger partial charge in [0.2, 0.25) is 5.91 Å². The highest BCUT2D eigenvalue weighted by Crippen LogP contribution is 2.22. The van der Waals surface area contributed by atoms with Gasteiger partial charge < -0.3 is 20.1 Å². The molecule has 1 heterocycles. The number of hydrogen-bond donors (Lipinski definition) is 2. The minimum atomic E-state index is -0.429. The van der Waals surface area contributed by atoms with Crippen LogP contribution < -0.4 is 10.1 Å².